The summed E-state index contributed by atoms with van der Waals surface area (Å²) in [6.07, 6.45) is 1.58. The van der Waals surface area contributed by atoms with Crippen LogP contribution >= 0.6 is 31.9 Å². The molecule has 2 aromatic heterocycles. The summed E-state index contributed by atoms with van der Waals surface area (Å²) in [5.74, 6) is 2.36. The lowest BCUT2D eigenvalue weighted by molar-refractivity contribution is 0.267. The number of fused-ring (bicyclic) bond motifs is 2. The molecule has 0 atom stereocenters. The van der Waals surface area contributed by atoms with E-state index >= 15 is 0 Å². The van der Waals surface area contributed by atoms with Crippen molar-refractivity contribution in [3.63, 3.8) is 0 Å². The van der Waals surface area contributed by atoms with Crippen LogP contribution in [-0.2, 0) is 6.61 Å². The Labute approximate surface area is 270 Å². The molecule has 0 N–H and O–H groups in total. The van der Waals surface area contributed by atoms with Crippen LogP contribution in [-0.4, -0.2) is 29.6 Å². The number of methoxy groups -OCH3 is 1. The third-order valence-corrected chi connectivity index (χ3v) is 9.09. The second-order valence-electron chi connectivity index (χ2n) is 9.93. The summed E-state index contributed by atoms with van der Waals surface area (Å²) in [6.45, 7) is 4.74. The number of hydrogen-bond acceptors (Lipinski definition) is 7. The van der Waals surface area contributed by atoms with E-state index in [4.69, 9.17) is 23.6 Å². The highest BCUT2D eigenvalue weighted by Crippen LogP contribution is 2.43. The highest BCUT2D eigenvalue weighted by Gasteiger charge is 2.20. The van der Waals surface area contributed by atoms with Crippen LogP contribution in [0.2, 0.25) is 0 Å². The number of furan rings is 1. The Morgan fingerprint density at radius 1 is 0.932 bits per heavy atom. The normalized spacial score (nSPS) is 11.5. The van der Waals surface area contributed by atoms with E-state index in [0.717, 1.165) is 16.5 Å². The van der Waals surface area contributed by atoms with Crippen LogP contribution in [0.5, 0.6) is 17.2 Å². The fraction of sp³-hybridized carbons (Fsp3) is 0.147. The number of aryl methyl sites for hydroxylation is 1. The van der Waals surface area contributed by atoms with Crippen LogP contribution < -0.4 is 19.8 Å². The van der Waals surface area contributed by atoms with Gasteiger partial charge in [0.05, 0.1) is 40.7 Å². The number of para-hydroxylation sites is 1. The SMILES string of the molecule is CCOc1cc(C=Nn2c(-c3cc4c(OC)cccc4o3)nc3ccccc3c2=O)c(Br)c(Br)c1OCc1cccc(C)c1. The van der Waals surface area contributed by atoms with Gasteiger partial charge in [-0.05, 0) is 87.7 Å². The van der Waals surface area contributed by atoms with Crippen molar-refractivity contribution in [1.29, 1.82) is 0 Å². The summed E-state index contributed by atoms with van der Waals surface area (Å²) >= 11 is 7.36. The molecule has 0 bridgehead atoms. The van der Waals surface area contributed by atoms with Crippen LogP contribution in [0.1, 0.15) is 23.6 Å². The lowest BCUT2D eigenvalue weighted by Gasteiger charge is -2.16. The first kappa shape index (κ1) is 29.7. The molecular weight excluding hydrogens is 690 g/mol. The molecule has 8 nitrogen and oxygen atoms in total. The van der Waals surface area contributed by atoms with Crippen molar-refractivity contribution in [2.45, 2.75) is 20.5 Å². The fourth-order valence-corrected chi connectivity index (χ4v) is 5.82. The fourth-order valence-electron chi connectivity index (χ4n) is 4.89. The van der Waals surface area contributed by atoms with Crippen molar-refractivity contribution in [3.8, 4) is 28.8 Å². The van der Waals surface area contributed by atoms with E-state index in [9.17, 15) is 4.79 Å². The highest BCUT2D eigenvalue weighted by molar-refractivity contribution is 9.13. The Morgan fingerprint density at radius 2 is 1.75 bits per heavy atom. The van der Waals surface area contributed by atoms with Crippen molar-refractivity contribution < 1.29 is 18.6 Å². The number of aromatic nitrogens is 2. The number of nitrogens with zero attached hydrogens (tertiary/aromatic N) is 3. The van der Waals surface area contributed by atoms with Gasteiger partial charge < -0.3 is 18.6 Å². The zero-order chi connectivity index (χ0) is 30.8. The molecule has 222 valence electrons. The summed E-state index contributed by atoms with van der Waals surface area (Å²) in [5, 5.41) is 5.82. The Kier molecular flexibility index (Phi) is 8.54. The summed E-state index contributed by atoms with van der Waals surface area (Å²) in [5.41, 5.74) is 3.64. The maximum atomic E-state index is 13.8. The van der Waals surface area contributed by atoms with Crippen molar-refractivity contribution in [2.24, 2.45) is 5.10 Å². The van der Waals surface area contributed by atoms with Crippen LogP contribution in [0.4, 0.5) is 0 Å². The predicted octanol–water partition coefficient (Wildman–Crippen LogP) is 8.51. The zero-order valence-corrected chi connectivity index (χ0v) is 27.3. The predicted molar refractivity (Wildman–Crippen MR) is 179 cm³/mol. The first-order valence-electron chi connectivity index (χ1n) is 13.8. The Morgan fingerprint density at radius 3 is 2.55 bits per heavy atom. The van der Waals surface area contributed by atoms with Crippen LogP contribution in [0.15, 0.2) is 102 Å². The number of rotatable bonds is 9. The van der Waals surface area contributed by atoms with Crippen LogP contribution in [0.3, 0.4) is 0 Å². The highest BCUT2D eigenvalue weighted by atomic mass is 79.9. The second kappa shape index (κ2) is 12.7. The molecule has 0 spiro atoms. The Balaban J connectivity index is 1.44. The lowest BCUT2D eigenvalue weighted by atomic mass is 10.1. The standard InChI is InChI=1S/C34H27Br2N3O5/c1-4-42-28-16-22(30(35)31(36)32(28)43-19-21-10-7-9-20(2)15-21)18-37-39-33(38-25-12-6-5-11-23(25)34(39)40)29-17-24-26(41-3)13-8-14-27(24)44-29/h5-18H,4,19H2,1-3H3. The molecule has 0 aliphatic carbocycles. The third-order valence-electron chi connectivity index (χ3n) is 6.95. The minimum absolute atomic E-state index is 0.251. The molecule has 44 heavy (non-hydrogen) atoms. The van der Waals surface area contributed by atoms with Crippen LogP contribution in [0, 0.1) is 6.92 Å². The van der Waals surface area contributed by atoms with E-state index in [1.807, 2.05) is 62.4 Å². The first-order valence-corrected chi connectivity index (χ1v) is 15.4. The maximum Gasteiger partial charge on any atom is 0.282 e. The second-order valence-corrected chi connectivity index (χ2v) is 11.5. The molecule has 0 aliphatic rings. The van der Waals surface area contributed by atoms with Crippen molar-refractivity contribution in [1.82, 2.24) is 9.66 Å². The molecular formula is C34H27Br2N3O5. The Hall–Kier alpha value is -4.41. The number of benzene rings is 4. The summed E-state index contributed by atoms with van der Waals surface area (Å²) < 4.78 is 26.4. The van der Waals surface area contributed by atoms with Gasteiger partial charge in [0.25, 0.3) is 5.56 Å². The smallest absolute Gasteiger partial charge is 0.282 e. The molecule has 0 saturated carbocycles. The van der Waals surface area contributed by atoms with Gasteiger partial charge in [0, 0.05) is 10.0 Å². The van der Waals surface area contributed by atoms with E-state index < -0.39 is 0 Å². The van der Waals surface area contributed by atoms with E-state index in [-0.39, 0.29) is 11.4 Å². The monoisotopic (exact) mass is 715 g/mol. The first-order chi connectivity index (χ1) is 21.4. The van der Waals surface area contributed by atoms with Gasteiger partial charge in [-0.3, -0.25) is 4.79 Å². The van der Waals surface area contributed by atoms with Crippen molar-refractivity contribution in [2.75, 3.05) is 13.7 Å². The molecule has 6 rings (SSSR count). The molecule has 4 aromatic carbocycles. The number of halogens is 2. The average molecular weight is 717 g/mol. The van der Waals surface area contributed by atoms with Gasteiger partial charge in [-0.25, -0.2) is 4.98 Å². The lowest BCUT2D eigenvalue weighted by Crippen LogP contribution is -2.20. The van der Waals surface area contributed by atoms with E-state index in [2.05, 4.69) is 43.0 Å². The molecule has 10 heteroatoms. The Bertz CT molecular complexity index is 2100. The van der Waals surface area contributed by atoms with Gasteiger partial charge in [0.1, 0.15) is 17.9 Å². The zero-order valence-electron chi connectivity index (χ0n) is 24.1. The van der Waals surface area contributed by atoms with Gasteiger partial charge in [-0.15, -0.1) is 0 Å². The molecule has 6 aromatic rings. The molecule has 0 fully saturated rings. The number of ether oxygens (including phenoxy) is 3. The molecule has 0 unspecified atom stereocenters. The average Bonchev–Trinajstić information content (AvgIpc) is 3.47. The molecule has 2 heterocycles. The van der Waals surface area contributed by atoms with E-state index in [0.29, 0.717) is 67.2 Å². The topological polar surface area (TPSA) is 88.1 Å². The molecule has 0 aliphatic heterocycles. The maximum absolute atomic E-state index is 13.8. The molecule has 0 saturated heterocycles. The molecule has 0 amide bonds. The van der Waals surface area contributed by atoms with E-state index in [1.165, 1.54) is 4.68 Å². The van der Waals surface area contributed by atoms with Crippen molar-refractivity contribution in [3.05, 3.63) is 115 Å². The number of hydrogen-bond donors (Lipinski definition) is 0. The largest absolute Gasteiger partial charge is 0.496 e. The van der Waals surface area contributed by atoms with Gasteiger partial charge in [-0.1, -0.05) is 48.0 Å². The van der Waals surface area contributed by atoms with Gasteiger partial charge in [-0.2, -0.15) is 9.78 Å². The van der Waals surface area contributed by atoms with Crippen molar-refractivity contribution >= 4 is 59.9 Å². The minimum atomic E-state index is -0.340. The summed E-state index contributed by atoms with van der Waals surface area (Å²) in [6, 6.07) is 24.4. The minimum Gasteiger partial charge on any atom is -0.496 e. The summed E-state index contributed by atoms with van der Waals surface area (Å²) in [7, 11) is 1.60. The van der Waals surface area contributed by atoms with Gasteiger partial charge in [0.2, 0.25) is 5.82 Å². The van der Waals surface area contributed by atoms with Crippen LogP contribution in [0.25, 0.3) is 33.5 Å². The quantitative estimate of drug-likeness (QED) is 0.140. The van der Waals surface area contributed by atoms with E-state index in [1.54, 1.807) is 37.6 Å². The van der Waals surface area contributed by atoms with Gasteiger partial charge in [0.15, 0.2) is 17.3 Å². The molecule has 0 radical (unpaired) electrons. The third kappa shape index (κ3) is 5.75. The van der Waals surface area contributed by atoms with Gasteiger partial charge >= 0.3 is 0 Å². The summed E-state index contributed by atoms with van der Waals surface area (Å²) in [4.78, 5) is 18.6.